The average Bonchev–Trinajstić information content (AvgIpc) is 3.23. The minimum absolute atomic E-state index is 0.254. The number of hydrogen-bond donors (Lipinski definition) is 1. The standard InChI is InChI=1S/C22H22FN3O3/c1-28-17-9-10-18(20(14-17)29-2)24-22(27)26-13-12-25-11-3-4-19(25)21(26)15-5-7-16(23)8-6-15/h3-11,14,21H,12-13H2,1-2H3,(H,24,27). The normalized spacial score (nSPS) is 15.6. The van der Waals surface area contributed by atoms with Gasteiger partial charge < -0.3 is 24.3 Å². The second kappa shape index (κ2) is 7.87. The van der Waals surface area contributed by atoms with E-state index in [0.717, 1.165) is 11.3 Å². The minimum Gasteiger partial charge on any atom is -0.497 e. The molecule has 3 aromatic rings. The zero-order valence-corrected chi connectivity index (χ0v) is 16.3. The highest BCUT2D eigenvalue weighted by atomic mass is 19.1. The largest absolute Gasteiger partial charge is 0.497 e. The number of methoxy groups -OCH3 is 2. The van der Waals surface area contributed by atoms with Gasteiger partial charge >= 0.3 is 6.03 Å². The lowest BCUT2D eigenvalue weighted by Gasteiger charge is -2.37. The Morgan fingerprint density at radius 2 is 1.86 bits per heavy atom. The first kappa shape index (κ1) is 18.9. The molecule has 2 amide bonds. The molecule has 29 heavy (non-hydrogen) atoms. The molecular weight excluding hydrogens is 373 g/mol. The number of fused-ring (bicyclic) bond motifs is 1. The van der Waals surface area contributed by atoms with Gasteiger partial charge in [0, 0.05) is 31.0 Å². The van der Waals surface area contributed by atoms with Crippen LogP contribution < -0.4 is 14.8 Å². The van der Waals surface area contributed by atoms with Crippen LogP contribution in [0.25, 0.3) is 0 Å². The molecule has 2 aromatic carbocycles. The second-order valence-electron chi connectivity index (χ2n) is 6.77. The van der Waals surface area contributed by atoms with Crippen LogP contribution in [0.5, 0.6) is 11.5 Å². The first-order valence-corrected chi connectivity index (χ1v) is 9.31. The van der Waals surface area contributed by atoms with Crippen LogP contribution in [0.1, 0.15) is 17.3 Å². The Hall–Kier alpha value is -3.48. The van der Waals surface area contributed by atoms with Gasteiger partial charge in [0.05, 0.1) is 25.9 Å². The Kier molecular flexibility index (Phi) is 5.12. The highest BCUT2D eigenvalue weighted by Gasteiger charge is 2.32. The van der Waals surface area contributed by atoms with Crippen molar-refractivity contribution in [3.63, 3.8) is 0 Å². The SMILES string of the molecule is COc1ccc(NC(=O)N2CCn3cccc3C2c2ccc(F)cc2)c(OC)c1. The highest BCUT2D eigenvalue weighted by molar-refractivity contribution is 5.91. The second-order valence-corrected chi connectivity index (χ2v) is 6.77. The monoisotopic (exact) mass is 395 g/mol. The van der Waals surface area contributed by atoms with E-state index in [0.29, 0.717) is 30.3 Å². The number of anilines is 1. The molecule has 1 unspecified atom stereocenters. The summed E-state index contributed by atoms with van der Waals surface area (Å²) in [5.74, 6) is 0.843. The van der Waals surface area contributed by atoms with Crippen molar-refractivity contribution in [3.05, 3.63) is 77.9 Å². The Morgan fingerprint density at radius 3 is 2.59 bits per heavy atom. The van der Waals surface area contributed by atoms with Crippen LogP contribution in [-0.2, 0) is 6.54 Å². The van der Waals surface area contributed by atoms with Gasteiger partial charge in [-0.3, -0.25) is 0 Å². The van der Waals surface area contributed by atoms with Crippen LogP contribution in [0, 0.1) is 5.82 Å². The molecule has 0 radical (unpaired) electrons. The number of benzene rings is 2. The van der Waals surface area contributed by atoms with Crippen molar-refractivity contribution in [1.29, 1.82) is 0 Å². The molecule has 0 bridgehead atoms. The number of amides is 2. The molecule has 0 aliphatic carbocycles. The predicted octanol–water partition coefficient (Wildman–Crippen LogP) is 4.28. The van der Waals surface area contributed by atoms with Crippen LogP contribution in [0.3, 0.4) is 0 Å². The summed E-state index contributed by atoms with van der Waals surface area (Å²) in [6, 6.07) is 14.9. The van der Waals surface area contributed by atoms with Gasteiger partial charge in [-0.15, -0.1) is 0 Å². The van der Waals surface area contributed by atoms with E-state index < -0.39 is 0 Å². The lowest BCUT2D eigenvalue weighted by molar-refractivity contribution is 0.181. The Bertz CT molecular complexity index is 1020. The molecule has 2 heterocycles. The zero-order chi connectivity index (χ0) is 20.4. The van der Waals surface area contributed by atoms with E-state index in [-0.39, 0.29) is 17.9 Å². The molecule has 150 valence electrons. The van der Waals surface area contributed by atoms with E-state index in [4.69, 9.17) is 9.47 Å². The first-order valence-electron chi connectivity index (χ1n) is 9.31. The summed E-state index contributed by atoms with van der Waals surface area (Å²) in [5.41, 5.74) is 2.39. The van der Waals surface area contributed by atoms with E-state index in [2.05, 4.69) is 9.88 Å². The van der Waals surface area contributed by atoms with Gasteiger partial charge in [-0.1, -0.05) is 12.1 Å². The Labute approximate surface area is 168 Å². The fraction of sp³-hybridized carbons (Fsp3) is 0.227. The summed E-state index contributed by atoms with van der Waals surface area (Å²) in [7, 11) is 3.11. The van der Waals surface area contributed by atoms with Gasteiger partial charge in [-0.2, -0.15) is 0 Å². The summed E-state index contributed by atoms with van der Waals surface area (Å²) < 4.78 is 26.2. The van der Waals surface area contributed by atoms with Crippen molar-refractivity contribution in [2.75, 3.05) is 26.1 Å². The molecule has 0 saturated heterocycles. The van der Waals surface area contributed by atoms with Crippen molar-refractivity contribution in [3.8, 4) is 11.5 Å². The van der Waals surface area contributed by atoms with E-state index in [1.807, 2.05) is 18.3 Å². The lowest BCUT2D eigenvalue weighted by atomic mass is 10.0. The summed E-state index contributed by atoms with van der Waals surface area (Å²) >= 11 is 0. The maximum atomic E-state index is 13.5. The molecule has 0 fully saturated rings. The quantitative estimate of drug-likeness (QED) is 0.717. The zero-order valence-electron chi connectivity index (χ0n) is 16.3. The predicted molar refractivity (Wildman–Crippen MR) is 108 cm³/mol. The molecular formula is C22H22FN3O3. The smallest absolute Gasteiger partial charge is 0.322 e. The fourth-order valence-corrected chi connectivity index (χ4v) is 3.69. The van der Waals surface area contributed by atoms with E-state index in [1.165, 1.54) is 12.1 Å². The van der Waals surface area contributed by atoms with Gasteiger partial charge in [0.25, 0.3) is 0 Å². The molecule has 1 N–H and O–H groups in total. The number of carbonyl (C=O) groups is 1. The number of nitrogens with one attached hydrogen (secondary N) is 1. The fourth-order valence-electron chi connectivity index (χ4n) is 3.69. The van der Waals surface area contributed by atoms with Crippen LogP contribution in [-0.4, -0.2) is 36.3 Å². The molecule has 0 saturated carbocycles. The van der Waals surface area contributed by atoms with Gasteiger partial charge in [-0.25, -0.2) is 9.18 Å². The number of carbonyl (C=O) groups excluding carboxylic acids is 1. The minimum atomic E-state index is -0.316. The van der Waals surface area contributed by atoms with Crippen LogP contribution in [0.2, 0.25) is 0 Å². The number of aromatic nitrogens is 1. The number of hydrogen-bond acceptors (Lipinski definition) is 3. The summed E-state index contributed by atoms with van der Waals surface area (Å²) in [6.45, 7) is 1.21. The highest BCUT2D eigenvalue weighted by Crippen LogP contribution is 2.34. The summed E-state index contributed by atoms with van der Waals surface area (Å²) in [6.07, 6.45) is 1.99. The van der Waals surface area contributed by atoms with Crippen molar-refractivity contribution in [1.82, 2.24) is 9.47 Å². The van der Waals surface area contributed by atoms with Crippen LogP contribution in [0.4, 0.5) is 14.9 Å². The summed E-state index contributed by atoms with van der Waals surface area (Å²) in [4.78, 5) is 15.0. The molecule has 4 rings (SSSR count). The first-order chi connectivity index (χ1) is 14.1. The molecule has 0 spiro atoms. The van der Waals surface area contributed by atoms with Crippen LogP contribution >= 0.6 is 0 Å². The van der Waals surface area contributed by atoms with E-state index in [1.54, 1.807) is 49.5 Å². The number of rotatable bonds is 4. The van der Waals surface area contributed by atoms with Crippen molar-refractivity contribution in [2.45, 2.75) is 12.6 Å². The van der Waals surface area contributed by atoms with Crippen molar-refractivity contribution < 1.29 is 18.7 Å². The van der Waals surface area contributed by atoms with Gasteiger partial charge in [0.1, 0.15) is 17.3 Å². The van der Waals surface area contributed by atoms with E-state index >= 15 is 0 Å². The number of halogens is 1. The third kappa shape index (κ3) is 3.63. The Balaban J connectivity index is 1.66. The number of urea groups is 1. The molecule has 1 aliphatic rings. The molecule has 1 aliphatic heterocycles. The third-order valence-corrected chi connectivity index (χ3v) is 5.14. The van der Waals surface area contributed by atoms with Gasteiger partial charge in [0.15, 0.2) is 0 Å². The topological polar surface area (TPSA) is 55.7 Å². The Morgan fingerprint density at radius 1 is 1.07 bits per heavy atom. The maximum Gasteiger partial charge on any atom is 0.322 e. The third-order valence-electron chi connectivity index (χ3n) is 5.14. The molecule has 6 nitrogen and oxygen atoms in total. The average molecular weight is 395 g/mol. The van der Waals surface area contributed by atoms with E-state index in [9.17, 15) is 9.18 Å². The van der Waals surface area contributed by atoms with Crippen LogP contribution in [0.15, 0.2) is 60.8 Å². The van der Waals surface area contributed by atoms with Gasteiger partial charge in [-0.05, 0) is 42.0 Å². The molecule has 1 atom stereocenters. The maximum absolute atomic E-state index is 13.5. The number of ether oxygens (including phenoxy) is 2. The molecule has 1 aromatic heterocycles. The van der Waals surface area contributed by atoms with Crippen molar-refractivity contribution >= 4 is 11.7 Å². The molecule has 7 heteroatoms. The number of nitrogens with zero attached hydrogens (tertiary/aromatic N) is 2. The van der Waals surface area contributed by atoms with Crippen molar-refractivity contribution in [2.24, 2.45) is 0 Å². The summed E-state index contributed by atoms with van der Waals surface area (Å²) in [5, 5.41) is 2.94. The van der Waals surface area contributed by atoms with Gasteiger partial charge in [0.2, 0.25) is 0 Å². The lowest BCUT2D eigenvalue weighted by Crippen LogP contribution is -2.44.